The highest BCUT2D eigenvalue weighted by Crippen LogP contribution is 2.26. The first-order chi connectivity index (χ1) is 7.45. The lowest BCUT2D eigenvalue weighted by atomic mass is 9.93. The Morgan fingerprint density at radius 3 is 2.44 bits per heavy atom. The average Bonchev–Trinajstić information content (AvgIpc) is 2.09. The Hall–Kier alpha value is -1.27. The quantitative estimate of drug-likeness (QED) is 0.684. The zero-order chi connectivity index (χ0) is 11.8. The highest BCUT2D eigenvalue weighted by molar-refractivity contribution is 7.89. The number of primary sulfonamides is 1. The minimum Gasteiger partial charge on any atom is -0.399 e. The molecular weight excluding hydrogens is 226 g/mol. The van der Waals surface area contributed by atoms with Gasteiger partial charge in [-0.3, -0.25) is 0 Å². The Morgan fingerprint density at radius 2 is 1.94 bits per heavy atom. The maximum Gasteiger partial charge on any atom is 0.238 e. The van der Waals surface area contributed by atoms with Crippen LogP contribution in [0.5, 0.6) is 0 Å². The molecule has 2 rings (SSSR count). The minimum absolute atomic E-state index is 0.0503. The molecule has 0 unspecified atom stereocenters. The maximum atomic E-state index is 11.2. The van der Waals surface area contributed by atoms with E-state index in [0.717, 1.165) is 12.8 Å². The first kappa shape index (κ1) is 11.2. The third-order valence-corrected chi connectivity index (χ3v) is 3.63. The summed E-state index contributed by atoms with van der Waals surface area (Å²) in [5, 5.41) is 8.29. The van der Waals surface area contributed by atoms with Crippen LogP contribution in [0.15, 0.2) is 23.1 Å². The summed E-state index contributed by atoms with van der Waals surface area (Å²) in [5.41, 5.74) is 6.74. The molecule has 5 nitrogen and oxygen atoms in total. The van der Waals surface area contributed by atoms with Gasteiger partial charge >= 0.3 is 0 Å². The number of sulfonamides is 1. The van der Waals surface area contributed by atoms with Crippen molar-refractivity contribution < 1.29 is 8.42 Å². The zero-order valence-electron chi connectivity index (χ0n) is 8.81. The fraction of sp³-hybridized carbons (Fsp3) is 0.400. The van der Waals surface area contributed by atoms with Crippen molar-refractivity contribution in [3.8, 4) is 0 Å². The number of nitrogen functional groups attached to an aromatic ring is 1. The highest BCUT2D eigenvalue weighted by Gasteiger charge is 2.18. The van der Waals surface area contributed by atoms with Gasteiger partial charge in [0.05, 0.1) is 4.90 Å². The topological polar surface area (TPSA) is 98.2 Å². The second-order valence-electron chi connectivity index (χ2n) is 4.11. The Bertz CT molecular complexity index is 495. The lowest BCUT2D eigenvalue weighted by molar-refractivity contribution is 0.445. The zero-order valence-corrected chi connectivity index (χ0v) is 9.63. The largest absolute Gasteiger partial charge is 0.399 e. The van der Waals surface area contributed by atoms with E-state index in [1.807, 2.05) is 0 Å². The van der Waals surface area contributed by atoms with Gasteiger partial charge in [0, 0.05) is 17.4 Å². The van der Waals surface area contributed by atoms with Gasteiger partial charge in [0.2, 0.25) is 10.0 Å². The normalized spacial score (nSPS) is 16.8. The minimum atomic E-state index is -3.69. The van der Waals surface area contributed by atoms with E-state index in [9.17, 15) is 8.42 Å². The summed E-state index contributed by atoms with van der Waals surface area (Å²) >= 11 is 0. The number of hydrogen-bond acceptors (Lipinski definition) is 4. The van der Waals surface area contributed by atoms with Crippen LogP contribution in [-0.2, 0) is 10.0 Å². The molecule has 0 aromatic heterocycles. The van der Waals surface area contributed by atoms with Gasteiger partial charge in [0.25, 0.3) is 0 Å². The van der Waals surface area contributed by atoms with E-state index in [2.05, 4.69) is 5.32 Å². The monoisotopic (exact) mass is 241 g/mol. The second kappa shape index (κ2) is 3.95. The highest BCUT2D eigenvalue weighted by atomic mass is 32.2. The van der Waals surface area contributed by atoms with Crippen molar-refractivity contribution in [1.82, 2.24) is 0 Å². The van der Waals surface area contributed by atoms with Gasteiger partial charge in [0.1, 0.15) is 0 Å². The smallest absolute Gasteiger partial charge is 0.238 e. The van der Waals surface area contributed by atoms with E-state index in [0.29, 0.717) is 17.4 Å². The Kier molecular flexibility index (Phi) is 2.77. The van der Waals surface area contributed by atoms with Crippen molar-refractivity contribution in [2.24, 2.45) is 5.14 Å². The molecule has 1 aliphatic rings. The molecule has 0 saturated heterocycles. The van der Waals surface area contributed by atoms with E-state index in [1.165, 1.54) is 18.6 Å². The van der Waals surface area contributed by atoms with Crippen molar-refractivity contribution >= 4 is 21.4 Å². The predicted molar refractivity (Wildman–Crippen MR) is 63.5 cm³/mol. The molecule has 0 heterocycles. The molecule has 6 heteroatoms. The summed E-state index contributed by atoms with van der Waals surface area (Å²) in [6.07, 6.45) is 3.43. The molecule has 5 N–H and O–H groups in total. The van der Waals surface area contributed by atoms with E-state index >= 15 is 0 Å². The van der Waals surface area contributed by atoms with Crippen LogP contribution in [0.3, 0.4) is 0 Å². The summed E-state index contributed by atoms with van der Waals surface area (Å²) in [6.45, 7) is 0. The van der Waals surface area contributed by atoms with Gasteiger partial charge < -0.3 is 11.1 Å². The van der Waals surface area contributed by atoms with Crippen LogP contribution < -0.4 is 16.2 Å². The lowest BCUT2D eigenvalue weighted by Crippen LogP contribution is -2.27. The lowest BCUT2D eigenvalue weighted by Gasteiger charge is -2.27. The second-order valence-corrected chi connectivity index (χ2v) is 5.67. The molecule has 1 saturated carbocycles. The van der Waals surface area contributed by atoms with E-state index in [4.69, 9.17) is 10.9 Å². The van der Waals surface area contributed by atoms with Crippen LogP contribution in [0.25, 0.3) is 0 Å². The molecule has 0 radical (unpaired) electrons. The summed E-state index contributed by atoms with van der Waals surface area (Å²) in [7, 11) is -3.69. The van der Waals surface area contributed by atoms with Gasteiger partial charge in [-0.1, -0.05) is 0 Å². The molecule has 16 heavy (non-hydrogen) atoms. The average molecular weight is 241 g/mol. The van der Waals surface area contributed by atoms with E-state index in [1.54, 1.807) is 6.07 Å². The molecule has 0 atom stereocenters. The molecule has 1 aliphatic carbocycles. The molecule has 0 bridgehead atoms. The first-order valence-electron chi connectivity index (χ1n) is 5.15. The van der Waals surface area contributed by atoms with Gasteiger partial charge in [-0.25, -0.2) is 13.6 Å². The molecule has 1 aromatic rings. The molecule has 0 aliphatic heterocycles. The summed E-state index contributed by atoms with van der Waals surface area (Å²) in [6, 6.07) is 5.02. The third-order valence-electron chi connectivity index (χ3n) is 2.73. The number of benzene rings is 1. The van der Waals surface area contributed by atoms with Gasteiger partial charge in [-0.15, -0.1) is 0 Å². The maximum absolute atomic E-state index is 11.2. The predicted octanol–water partition coefficient (Wildman–Crippen LogP) is 0.881. The van der Waals surface area contributed by atoms with Crippen molar-refractivity contribution in [3.05, 3.63) is 18.2 Å². The van der Waals surface area contributed by atoms with Gasteiger partial charge in [0.15, 0.2) is 0 Å². The standard InChI is InChI=1S/C10H15N3O2S/c11-7-4-9(13-8-2-1-3-8)6-10(5-7)16(12,14)15/h4-6,8,13H,1-3,11H2,(H2,12,14,15). The Balaban J connectivity index is 2.28. The summed E-state index contributed by atoms with van der Waals surface area (Å²) in [5.74, 6) is 0. The number of nitrogens with two attached hydrogens (primary N) is 2. The molecule has 1 aromatic carbocycles. The number of hydrogen-bond donors (Lipinski definition) is 3. The Morgan fingerprint density at radius 1 is 1.25 bits per heavy atom. The number of anilines is 2. The van der Waals surface area contributed by atoms with Crippen molar-refractivity contribution in [2.45, 2.75) is 30.2 Å². The van der Waals surface area contributed by atoms with E-state index in [-0.39, 0.29) is 4.90 Å². The molecular formula is C10H15N3O2S. The van der Waals surface area contributed by atoms with Crippen LogP contribution in [0.2, 0.25) is 0 Å². The van der Waals surface area contributed by atoms with Crippen molar-refractivity contribution in [1.29, 1.82) is 0 Å². The van der Waals surface area contributed by atoms with Crippen LogP contribution in [0, 0.1) is 0 Å². The molecule has 0 spiro atoms. The fourth-order valence-corrected chi connectivity index (χ4v) is 2.25. The molecule has 1 fully saturated rings. The van der Waals surface area contributed by atoms with Crippen molar-refractivity contribution in [2.75, 3.05) is 11.1 Å². The summed E-state index contributed by atoms with van der Waals surface area (Å²) < 4.78 is 22.4. The van der Waals surface area contributed by atoms with Gasteiger partial charge in [-0.05, 0) is 37.5 Å². The third kappa shape index (κ3) is 2.45. The van der Waals surface area contributed by atoms with Gasteiger partial charge in [-0.2, -0.15) is 0 Å². The number of rotatable bonds is 3. The SMILES string of the molecule is Nc1cc(NC2CCC2)cc(S(N)(=O)=O)c1. The van der Waals surface area contributed by atoms with E-state index < -0.39 is 10.0 Å². The molecule has 88 valence electrons. The fourth-order valence-electron chi connectivity index (χ4n) is 1.66. The van der Waals surface area contributed by atoms with Crippen LogP contribution in [-0.4, -0.2) is 14.5 Å². The first-order valence-corrected chi connectivity index (χ1v) is 6.70. The Labute approximate surface area is 94.9 Å². The van der Waals surface area contributed by atoms with Crippen LogP contribution >= 0.6 is 0 Å². The van der Waals surface area contributed by atoms with Crippen molar-refractivity contribution in [3.63, 3.8) is 0 Å². The number of nitrogens with one attached hydrogen (secondary N) is 1. The van der Waals surface area contributed by atoms with Crippen LogP contribution in [0.4, 0.5) is 11.4 Å². The van der Waals surface area contributed by atoms with Crippen LogP contribution in [0.1, 0.15) is 19.3 Å². The summed E-state index contributed by atoms with van der Waals surface area (Å²) in [4.78, 5) is 0.0503. The molecule has 0 amide bonds.